The van der Waals surface area contributed by atoms with Gasteiger partial charge in [-0.15, -0.1) is 0 Å². The molecule has 7 N–H and O–H groups in total. The number of ether oxygens (including phenoxy) is 2. The molecule has 362 valence electrons. The summed E-state index contributed by atoms with van der Waals surface area (Å²) in [6.45, 7) is 3.57. The highest BCUT2D eigenvalue weighted by Gasteiger charge is 2.44. The first-order chi connectivity index (χ1) is 29.7. The summed E-state index contributed by atoms with van der Waals surface area (Å²) in [5, 5.41) is 65.2. The van der Waals surface area contributed by atoms with E-state index in [-0.39, 0.29) is 18.9 Å². The van der Waals surface area contributed by atoms with E-state index in [2.05, 4.69) is 19.2 Å². The lowest BCUT2D eigenvalue weighted by Crippen LogP contribution is -2.60. The highest BCUT2D eigenvalue weighted by atomic mass is 16.7. The van der Waals surface area contributed by atoms with E-state index in [1.807, 2.05) is 0 Å². The summed E-state index contributed by atoms with van der Waals surface area (Å²) in [7, 11) is 0. The molecule has 1 aliphatic heterocycles. The molecule has 1 saturated heterocycles. The fourth-order valence-electron chi connectivity index (χ4n) is 8.50. The Kier molecular flexibility index (Phi) is 38.2. The summed E-state index contributed by atoms with van der Waals surface area (Å²) >= 11 is 0. The number of amides is 1. The Morgan fingerprint density at radius 1 is 0.525 bits per heavy atom. The molecule has 0 spiro atoms. The molecule has 61 heavy (non-hydrogen) atoms. The van der Waals surface area contributed by atoms with Gasteiger partial charge in [-0.05, 0) is 25.7 Å². The zero-order valence-electron chi connectivity index (χ0n) is 39.3. The predicted molar refractivity (Wildman–Crippen MR) is 246 cm³/mol. The van der Waals surface area contributed by atoms with Crippen molar-refractivity contribution in [3.05, 3.63) is 0 Å². The molecular weight excluding hydrogens is 775 g/mol. The normalized spacial score (nSPS) is 20.8. The van der Waals surface area contributed by atoms with E-state index < -0.39 is 55.6 Å². The molecule has 0 radical (unpaired) electrons. The molecule has 0 aliphatic carbocycles. The Morgan fingerprint density at radius 3 is 1.31 bits per heavy atom. The average molecular weight is 872 g/mol. The van der Waals surface area contributed by atoms with Gasteiger partial charge in [0.2, 0.25) is 5.91 Å². The topological polar surface area (TPSA) is 186 Å². The minimum Gasteiger partial charge on any atom is -0.394 e. The smallest absolute Gasteiger partial charge is 0.220 e. The van der Waals surface area contributed by atoms with Gasteiger partial charge in [0.1, 0.15) is 36.3 Å². The van der Waals surface area contributed by atoms with Gasteiger partial charge >= 0.3 is 0 Å². The van der Waals surface area contributed by atoms with Crippen LogP contribution in [0.4, 0.5) is 0 Å². The number of unbranched alkanes of at least 4 members (excludes halogenated alkanes) is 29. The van der Waals surface area contributed by atoms with Gasteiger partial charge in [0.25, 0.3) is 0 Å². The van der Waals surface area contributed by atoms with E-state index in [9.17, 15) is 40.2 Å². The number of aliphatic hydroxyl groups is 6. The maximum absolute atomic E-state index is 13.0. The van der Waals surface area contributed by atoms with Crippen LogP contribution in [0.1, 0.15) is 245 Å². The van der Waals surface area contributed by atoms with E-state index in [1.165, 1.54) is 116 Å². The third-order valence-corrected chi connectivity index (χ3v) is 12.7. The van der Waals surface area contributed by atoms with Crippen molar-refractivity contribution in [1.82, 2.24) is 5.32 Å². The third-order valence-electron chi connectivity index (χ3n) is 12.7. The molecule has 1 rings (SSSR count). The summed E-state index contributed by atoms with van der Waals surface area (Å²) in [6, 6.07) is -1.01. The number of carbonyl (C=O) groups is 2. The summed E-state index contributed by atoms with van der Waals surface area (Å²) in [4.78, 5) is 25.3. The molecule has 1 aliphatic rings. The first-order valence-electron chi connectivity index (χ1n) is 25.7. The molecule has 1 fully saturated rings. The number of nitrogens with one attached hydrogen (secondary N) is 1. The van der Waals surface area contributed by atoms with E-state index in [0.29, 0.717) is 18.6 Å². The molecule has 11 heteroatoms. The van der Waals surface area contributed by atoms with Crippen molar-refractivity contribution in [3.8, 4) is 0 Å². The molecule has 1 amide bonds. The van der Waals surface area contributed by atoms with Crippen LogP contribution in [-0.2, 0) is 19.1 Å². The zero-order valence-corrected chi connectivity index (χ0v) is 39.3. The molecule has 0 aromatic heterocycles. The molecule has 0 bridgehead atoms. The summed E-state index contributed by atoms with van der Waals surface area (Å²) < 4.78 is 11.2. The Labute approximate surface area is 372 Å². The van der Waals surface area contributed by atoms with E-state index in [1.54, 1.807) is 0 Å². The quantitative estimate of drug-likeness (QED) is 0.0291. The van der Waals surface area contributed by atoms with Gasteiger partial charge in [0.15, 0.2) is 6.29 Å². The van der Waals surface area contributed by atoms with E-state index in [4.69, 9.17) is 9.47 Å². The predicted octanol–water partition coefficient (Wildman–Crippen LogP) is 9.66. The van der Waals surface area contributed by atoms with Gasteiger partial charge in [-0.3, -0.25) is 9.59 Å². The maximum Gasteiger partial charge on any atom is 0.220 e. The lowest BCUT2D eigenvalue weighted by atomic mass is 9.98. The number of rotatable bonds is 44. The van der Waals surface area contributed by atoms with Crippen LogP contribution < -0.4 is 5.32 Å². The van der Waals surface area contributed by atoms with Gasteiger partial charge in [-0.25, -0.2) is 0 Å². The van der Waals surface area contributed by atoms with Gasteiger partial charge in [0.05, 0.1) is 25.4 Å². The number of Topliss-reactive ketones (excluding diaryl/α,β-unsaturated/α-hetero) is 1. The Bertz CT molecular complexity index is 1000. The second-order valence-corrected chi connectivity index (χ2v) is 18.4. The van der Waals surface area contributed by atoms with Crippen LogP contribution in [0.15, 0.2) is 0 Å². The van der Waals surface area contributed by atoms with E-state index >= 15 is 0 Å². The van der Waals surface area contributed by atoms with Crippen molar-refractivity contribution in [2.24, 2.45) is 0 Å². The Hall–Kier alpha value is -1.18. The summed E-state index contributed by atoms with van der Waals surface area (Å²) in [5.41, 5.74) is 0. The third kappa shape index (κ3) is 30.6. The van der Waals surface area contributed by atoms with Crippen molar-refractivity contribution >= 4 is 11.7 Å². The molecule has 8 atom stereocenters. The van der Waals surface area contributed by atoms with Gasteiger partial charge < -0.3 is 45.4 Å². The standard InChI is InChI=1S/C50H97NO10/c1-3-5-7-9-11-13-15-17-21-25-29-33-37-43(54)46(56)42(40-60-50-49(59)48(58)47(57)44(39-52)61-50)51-45(55)38-34-30-26-22-18-20-24-28-32-36-41(53)35-31-27-23-19-16-14-12-10-8-6-4-2/h42-44,46-50,52,54,56-59H,3-40H2,1-2H3,(H,51,55)/t42-,43+,44?,46-,47-,48-,49?,50-/m0/s1. The van der Waals surface area contributed by atoms with Crippen LogP contribution in [0, 0.1) is 0 Å². The highest BCUT2D eigenvalue weighted by Crippen LogP contribution is 2.23. The number of hydrogen-bond acceptors (Lipinski definition) is 10. The lowest BCUT2D eigenvalue weighted by molar-refractivity contribution is -0.303. The molecular formula is C50H97NO10. The van der Waals surface area contributed by atoms with Crippen molar-refractivity contribution < 1.29 is 49.7 Å². The zero-order chi connectivity index (χ0) is 44.8. The first-order valence-corrected chi connectivity index (χ1v) is 25.7. The average Bonchev–Trinajstić information content (AvgIpc) is 3.25. The van der Waals surface area contributed by atoms with Gasteiger partial charge in [-0.1, -0.05) is 200 Å². The van der Waals surface area contributed by atoms with Crippen molar-refractivity contribution in [1.29, 1.82) is 0 Å². The monoisotopic (exact) mass is 872 g/mol. The van der Waals surface area contributed by atoms with Gasteiger partial charge in [0, 0.05) is 19.3 Å². The van der Waals surface area contributed by atoms with Crippen LogP contribution in [0.25, 0.3) is 0 Å². The molecule has 11 nitrogen and oxygen atoms in total. The molecule has 1 heterocycles. The van der Waals surface area contributed by atoms with Crippen LogP contribution in [0.2, 0.25) is 0 Å². The maximum atomic E-state index is 13.0. The van der Waals surface area contributed by atoms with Crippen molar-refractivity contribution in [2.75, 3.05) is 13.2 Å². The van der Waals surface area contributed by atoms with Crippen LogP contribution in [0.3, 0.4) is 0 Å². The first kappa shape index (κ1) is 57.8. The molecule has 0 aromatic carbocycles. The molecule has 0 saturated carbocycles. The summed E-state index contributed by atoms with van der Waals surface area (Å²) in [5.74, 6) is 0.144. The minimum absolute atomic E-state index is 0.255. The van der Waals surface area contributed by atoms with Crippen LogP contribution >= 0.6 is 0 Å². The molecule has 0 aromatic rings. The van der Waals surface area contributed by atoms with Crippen LogP contribution in [0.5, 0.6) is 0 Å². The summed E-state index contributed by atoms with van der Waals surface area (Å²) in [6.07, 6.45) is 30.1. The second-order valence-electron chi connectivity index (χ2n) is 18.4. The van der Waals surface area contributed by atoms with Crippen LogP contribution in [-0.4, -0.2) is 104 Å². The number of aliphatic hydroxyl groups excluding tert-OH is 6. The number of ketones is 1. The number of carbonyl (C=O) groups excluding carboxylic acids is 2. The highest BCUT2D eigenvalue weighted by molar-refractivity contribution is 5.78. The Morgan fingerprint density at radius 2 is 0.902 bits per heavy atom. The number of hydrogen-bond donors (Lipinski definition) is 7. The largest absolute Gasteiger partial charge is 0.394 e. The minimum atomic E-state index is -1.62. The van der Waals surface area contributed by atoms with E-state index in [0.717, 1.165) is 96.3 Å². The SMILES string of the molecule is CCCCCCCCCCCCCC[C@@H](O)[C@@H](O)[C@H](CO[C@H]1OC(CO)[C@H](O)[C@H](O)C1O)NC(=O)CCCCCCCCCCCC(=O)CCCCCCCCCCCCC. The second kappa shape index (κ2) is 40.3. The fraction of sp³-hybridized carbons (Fsp3) is 0.960. The Balaban J connectivity index is 2.29. The van der Waals surface area contributed by atoms with Crippen molar-refractivity contribution in [2.45, 2.75) is 294 Å². The van der Waals surface area contributed by atoms with Crippen molar-refractivity contribution in [3.63, 3.8) is 0 Å². The molecule has 2 unspecified atom stereocenters. The fourth-order valence-corrected chi connectivity index (χ4v) is 8.50. The lowest BCUT2D eigenvalue weighted by Gasteiger charge is -2.40. The van der Waals surface area contributed by atoms with Gasteiger partial charge in [-0.2, -0.15) is 0 Å².